The van der Waals surface area contributed by atoms with Gasteiger partial charge in [-0.2, -0.15) is 5.10 Å². The zero-order chi connectivity index (χ0) is 6.10. The molecule has 46 valence electrons. The molecule has 0 radical (unpaired) electrons. The average molecular weight is 121 g/mol. The molecule has 0 aromatic rings. The fourth-order valence-electron chi connectivity index (χ4n) is 0.927. The summed E-state index contributed by atoms with van der Waals surface area (Å²) in [6.07, 6.45) is 8.02. The van der Waals surface area contributed by atoms with Crippen LogP contribution in [0.1, 0.15) is 0 Å². The molecule has 0 amide bonds. The molecule has 9 heavy (non-hydrogen) atoms. The van der Waals surface area contributed by atoms with Crippen molar-refractivity contribution in [2.24, 2.45) is 5.10 Å². The van der Waals surface area contributed by atoms with Gasteiger partial charge in [-0.15, -0.1) is 0 Å². The largest absolute Gasteiger partial charge is 0.242 e. The average Bonchev–Trinajstić information content (AvgIpc) is 2.33. The summed E-state index contributed by atoms with van der Waals surface area (Å²) in [7, 11) is 0. The van der Waals surface area contributed by atoms with Crippen LogP contribution in [0.5, 0.6) is 0 Å². The van der Waals surface area contributed by atoms with Crippen molar-refractivity contribution in [3.63, 3.8) is 0 Å². The van der Waals surface area contributed by atoms with Crippen molar-refractivity contribution < 1.29 is 0 Å². The first kappa shape index (κ1) is 4.76. The van der Waals surface area contributed by atoms with E-state index < -0.39 is 0 Å². The molecule has 0 spiro atoms. The molecule has 1 aliphatic carbocycles. The van der Waals surface area contributed by atoms with Crippen molar-refractivity contribution >= 4 is 5.71 Å². The molecule has 2 N–H and O–H groups in total. The number of nitrogens with one attached hydrogen (secondary N) is 2. The Bertz CT molecular complexity index is 200. The number of rotatable bonds is 0. The second kappa shape index (κ2) is 1.70. The van der Waals surface area contributed by atoms with Gasteiger partial charge in [0, 0.05) is 0 Å². The molecule has 0 aromatic carbocycles. The molecular weight excluding hydrogens is 114 g/mol. The number of allylic oxidation sites excluding steroid dienone is 2. The van der Waals surface area contributed by atoms with Gasteiger partial charge in [0.1, 0.15) is 0 Å². The van der Waals surface area contributed by atoms with Crippen LogP contribution >= 0.6 is 0 Å². The van der Waals surface area contributed by atoms with E-state index in [1.54, 1.807) is 0 Å². The predicted molar refractivity (Wildman–Crippen MR) is 35.8 cm³/mol. The summed E-state index contributed by atoms with van der Waals surface area (Å²) >= 11 is 0. The second-order valence-corrected chi connectivity index (χ2v) is 2.01. The molecule has 3 nitrogen and oxygen atoms in total. The van der Waals surface area contributed by atoms with Crippen molar-refractivity contribution in [2.75, 3.05) is 0 Å². The monoisotopic (exact) mass is 121 g/mol. The lowest BCUT2D eigenvalue weighted by atomic mass is 10.1. The lowest BCUT2D eigenvalue weighted by molar-refractivity contribution is 0.608. The molecule has 1 aliphatic heterocycles. The lowest BCUT2D eigenvalue weighted by Gasteiger charge is -2.05. The third kappa shape index (κ3) is 0.658. The van der Waals surface area contributed by atoms with Crippen LogP contribution in [-0.2, 0) is 0 Å². The summed E-state index contributed by atoms with van der Waals surface area (Å²) in [4.78, 5) is 0. The highest BCUT2D eigenvalue weighted by Crippen LogP contribution is 2.02. The van der Waals surface area contributed by atoms with Gasteiger partial charge in [-0.1, -0.05) is 18.2 Å². The Morgan fingerprint density at radius 2 is 2.44 bits per heavy atom. The molecule has 1 atom stereocenters. The Morgan fingerprint density at radius 1 is 1.44 bits per heavy atom. The molecule has 0 saturated carbocycles. The van der Waals surface area contributed by atoms with Crippen LogP contribution < -0.4 is 11.0 Å². The van der Waals surface area contributed by atoms with Gasteiger partial charge < -0.3 is 0 Å². The number of hydrazone groups is 1. The quantitative estimate of drug-likeness (QED) is 0.471. The highest BCUT2D eigenvalue weighted by atomic mass is 15.6. The normalized spacial score (nSPS) is 29.3. The van der Waals surface area contributed by atoms with Crippen LogP contribution in [0, 0.1) is 0 Å². The van der Waals surface area contributed by atoms with Crippen molar-refractivity contribution in [1.29, 1.82) is 0 Å². The summed E-state index contributed by atoms with van der Waals surface area (Å²) in [6.45, 7) is 0. The van der Waals surface area contributed by atoms with Crippen LogP contribution in [-0.4, -0.2) is 11.8 Å². The summed E-state index contributed by atoms with van der Waals surface area (Å²) in [5, 5.41) is 3.98. The second-order valence-electron chi connectivity index (χ2n) is 2.01. The number of nitrogens with zero attached hydrogens (tertiary/aromatic N) is 1. The fourth-order valence-corrected chi connectivity index (χ4v) is 0.927. The van der Waals surface area contributed by atoms with Gasteiger partial charge >= 0.3 is 0 Å². The predicted octanol–water partition coefficient (Wildman–Crippen LogP) is -0.0552. The molecule has 1 unspecified atom stereocenters. The number of fused-ring (bicyclic) bond motifs is 1. The minimum atomic E-state index is 0.287. The maximum atomic E-state index is 3.98. The maximum Gasteiger partial charge on any atom is 0.0899 e. The Labute approximate surface area is 53.1 Å². The van der Waals surface area contributed by atoms with Crippen molar-refractivity contribution in [1.82, 2.24) is 11.0 Å². The molecule has 2 rings (SSSR count). The van der Waals surface area contributed by atoms with E-state index in [4.69, 9.17) is 0 Å². The van der Waals surface area contributed by atoms with Crippen LogP contribution in [0.25, 0.3) is 0 Å². The van der Waals surface area contributed by atoms with Gasteiger partial charge in [-0.3, -0.25) is 0 Å². The standard InChI is InChI=1S/C6H7N3/c1-2-4-6-5(3-1)7-9-8-6/h1-5,7,9H. The van der Waals surface area contributed by atoms with Gasteiger partial charge in [-0.25, -0.2) is 11.0 Å². The van der Waals surface area contributed by atoms with Gasteiger partial charge in [-0.05, 0) is 6.08 Å². The zero-order valence-corrected chi connectivity index (χ0v) is 4.83. The molecule has 0 aromatic heterocycles. The third-order valence-electron chi connectivity index (χ3n) is 1.41. The first-order valence-electron chi connectivity index (χ1n) is 2.90. The molecule has 0 saturated heterocycles. The van der Waals surface area contributed by atoms with Gasteiger partial charge in [0.2, 0.25) is 0 Å². The van der Waals surface area contributed by atoms with Gasteiger partial charge in [0.25, 0.3) is 0 Å². The molecule has 0 bridgehead atoms. The summed E-state index contributed by atoms with van der Waals surface area (Å²) in [5.41, 5.74) is 6.72. The maximum absolute atomic E-state index is 3.98. The van der Waals surface area contributed by atoms with Crippen LogP contribution in [0.2, 0.25) is 0 Å². The first-order chi connectivity index (χ1) is 4.47. The van der Waals surface area contributed by atoms with Gasteiger partial charge in [0.05, 0.1) is 11.8 Å². The van der Waals surface area contributed by atoms with E-state index in [0.29, 0.717) is 0 Å². The van der Waals surface area contributed by atoms with E-state index in [-0.39, 0.29) is 6.04 Å². The number of hydrazine groups is 1. The molecule has 0 fully saturated rings. The van der Waals surface area contributed by atoms with Crippen molar-refractivity contribution in [3.05, 3.63) is 24.3 Å². The summed E-state index contributed by atoms with van der Waals surface area (Å²) in [5.74, 6) is 0. The molecular formula is C6H7N3. The Kier molecular flexibility index (Phi) is 0.899. The third-order valence-corrected chi connectivity index (χ3v) is 1.41. The highest BCUT2D eigenvalue weighted by Gasteiger charge is 2.15. The molecule has 2 aliphatic rings. The number of hydrogen-bond acceptors (Lipinski definition) is 3. The summed E-state index contributed by atoms with van der Waals surface area (Å²) < 4.78 is 0. The van der Waals surface area contributed by atoms with Crippen molar-refractivity contribution in [2.45, 2.75) is 6.04 Å². The fraction of sp³-hybridized carbons (Fsp3) is 0.167. The minimum Gasteiger partial charge on any atom is -0.242 e. The first-order valence-corrected chi connectivity index (χ1v) is 2.90. The van der Waals surface area contributed by atoms with Gasteiger partial charge in [0.15, 0.2) is 0 Å². The number of hydrogen-bond donors (Lipinski definition) is 2. The van der Waals surface area contributed by atoms with E-state index in [2.05, 4.69) is 22.1 Å². The SMILES string of the molecule is C1=CC2=NNNC2C=C1. The van der Waals surface area contributed by atoms with E-state index in [9.17, 15) is 0 Å². The molecule has 3 heteroatoms. The summed E-state index contributed by atoms with van der Waals surface area (Å²) in [6, 6.07) is 0.287. The zero-order valence-electron chi connectivity index (χ0n) is 4.83. The van der Waals surface area contributed by atoms with E-state index in [1.807, 2.05) is 18.2 Å². The smallest absolute Gasteiger partial charge is 0.0899 e. The lowest BCUT2D eigenvalue weighted by Crippen LogP contribution is -2.33. The topological polar surface area (TPSA) is 36.4 Å². The Balaban J connectivity index is 2.33. The van der Waals surface area contributed by atoms with E-state index in [1.165, 1.54) is 0 Å². The van der Waals surface area contributed by atoms with E-state index in [0.717, 1.165) is 5.71 Å². The van der Waals surface area contributed by atoms with Crippen LogP contribution in [0.4, 0.5) is 0 Å². The van der Waals surface area contributed by atoms with E-state index >= 15 is 0 Å². The minimum absolute atomic E-state index is 0.287. The van der Waals surface area contributed by atoms with Crippen LogP contribution in [0.15, 0.2) is 29.4 Å². The van der Waals surface area contributed by atoms with Crippen LogP contribution in [0.3, 0.4) is 0 Å². The Morgan fingerprint density at radius 3 is 3.33 bits per heavy atom. The Hall–Kier alpha value is -1.09. The van der Waals surface area contributed by atoms with Crippen molar-refractivity contribution in [3.8, 4) is 0 Å². The highest BCUT2D eigenvalue weighted by molar-refractivity contribution is 6.02. The molecule has 1 heterocycles.